The number of primary amides is 1. The lowest BCUT2D eigenvalue weighted by molar-refractivity contribution is -0.115. The zero-order valence-electron chi connectivity index (χ0n) is 11.0. The number of nitrogens with two attached hydrogens (primary N) is 1. The highest BCUT2D eigenvalue weighted by molar-refractivity contribution is 8.39. The molecule has 2 amide bonds. The smallest absolute Gasteiger partial charge is 0.248 e. The predicted octanol–water partition coefficient (Wildman–Crippen LogP) is 1.95. The fourth-order valence-electron chi connectivity index (χ4n) is 1.55. The molecule has 106 valence electrons. The lowest BCUT2D eigenvalue weighted by Crippen LogP contribution is -2.23. The van der Waals surface area contributed by atoms with E-state index >= 15 is 0 Å². The minimum atomic E-state index is -0.483. The van der Waals surface area contributed by atoms with E-state index in [1.807, 2.05) is 6.92 Å². The summed E-state index contributed by atoms with van der Waals surface area (Å²) in [5.41, 5.74) is 6.22. The minimum Gasteiger partial charge on any atom is -0.366 e. The van der Waals surface area contributed by atoms with Crippen molar-refractivity contribution >= 4 is 45.4 Å². The van der Waals surface area contributed by atoms with Gasteiger partial charge in [0.2, 0.25) is 11.8 Å². The average Bonchev–Trinajstić information content (AvgIpc) is 2.92. The van der Waals surface area contributed by atoms with Crippen molar-refractivity contribution in [3.8, 4) is 0 Å². The van der Waals surface area contributed by atoms with Crippen molar-refractivity contribution in [3.05, 3.63) is 29.8 Å². The molecule has 1 atom stereocenters. The summed E-state index contributed by atoms with van der Waals surface area (Å²) in [6.45, 7) is 2.68. The van der Waals surface area contributed by atoms with Crippen molar-refractivity contribution < 1.29 is 9.59 Å². The maximum atomic E-state index is 12.0. The molecular formula is C13H15N3O2S2. The van der Waals surface area contributed by atoms with E-state index in [9.17, 15) is 9.59 Å². The van der Waals surface area contributed by atoms with Gasteiger partial charge in [0, 0.05) is 17.0 Å². The predicted molar refractivity (Wildman–Crippen MR) is 85.4 cm³/mol. The highest BCUT2D eigenvalue weighted by Crippen LogP contribution is 2.26. The van der Waals surface area contributed by atoms with Crippen LogP contribution in [-0.4, -0.2) is 33.7 Å². The van der Waals surface area contributed by atoms with Crippen LogP contribution in [0, 0.1) is 0 Å². The Kier molecular flexibility index (Phi) is 5.08. The van der Waals surface area contributed by atoms with Crippen LogP contribution in [0.15, 0.2) is 29.3 Å². The second kappa shape index (κ2) is 6.81. The van der Waals surface area contributed by atoms with Crippen LogP contribution in [0.4, 0.5) is 5.69 Å². The van der Waals surface area contributed by atoms with Crippen LogP contribution >= 0.6 is 23.5 Å². The lowest BCUT2D eigenvalue weighted by Gasteiger charge is -2.11. The van der Waals surface area contributed by atoms with Crippen LogP contribution in [0.1, 0.15) is 17.3 Å². The quantitative estimate of drug-likeness (QED) is 0.890. The monoisotopic (exact) mass is 309 g/mol. The fourth-order valence-corrected chi connectivity index (χ4v) is 3.68. The van der Waals surface area contributed by atoms with Gasteiger partial charge in [-0.3, -0.25) is 14.6 Å². The van der Waals surface area contributed by atoms with Gasteiger partial charge in [-0.05, 0) is 31.2 Å². The largest absolute Gasteiger partial charge is 0.366 e. The van der Waals surface area contributed by atoms with E-state index in [4.69, 9.17) is 5.73 Å². The first-order chi connectivity index (χ1) is 9.56. The molecule has 7 heteroatoms. The molecule has 0 fully saturated rings. The number of benzene rings is 1. The summed E-state index contributed by atoms with van der Waals surface area (Å²) in [5.74, 6) is 0.422. The number of nitrogens with one attached hydrogen (secondary N) is 1. The van der Waals surface area contributed by atoms with Gasteiger partial charge in [-0.15, -0.1) is 0 Å². The van der Waals surface area contributed by atoms with E-state index in [0.717, 1.165) is 16.7 Å². The van der Waals surface area contributed by atoms with Crippen molar-refractivity contribution in [2.24, 2.45) is 10.7 Å². The Morgan fingerprint density at radius 1 is 1.40 bits per heavy atom. The topological polar surface area (TPSA) is 84.6 Å². The van der Waals surface area contributed by atoms with Crippen molar-refractivity contribution in [1.82, 2.24) is 0 Å². The minimum absolute atomic E-state index is 0.0861. The molecule has 0 spiro atoms. The fraction of sp³-hybridized carbons (Fsp3) is 0.308. The average molecular weight is 309 g/mol. The van der Waals surface area contributed by atoms with Crippen LogP contribution in [0.5, 0.6) is 0 Å². The van der Waals surface area contributed by atoms with Gasteiger partial charge in [0.05, 0.1) is 11.8 Å². The summed E-state index contributed by atoms with van der Waals surface area (Å²) >= 11 is 3.15. The number of hydrogen-bond acceptors (Lipinski definition) is 5. The van der Waals surface area contributed by atoms with Crippen LogP contribution in [0.3, 0.4) is 0 Å². The SMILES string of the molecule is CC(SC1=NCCS1)C(=O)Nc1ccc(C(N)=O)cc1. The molecule has 3 N–H and O–H groups in total. The Morgan fingerprint density at radius 2 is 2.10 bits per heavy atom. The summed E-state index contributed by atoms with van der Waals surface area (Å²) in [7, 11) is 0. The highest BCUT2D eigenvalue weighted by atomic mass is 32.2. The molecule has 0 saturated heterocycles. The molecule has 0 radical (unpaired) electrons. The molecule has 0 aromatic heterocycles. The molecule has 1 aliphatic heterocycles. The molecule has 1 aromatic carbocycles. The van der Waals surface area contributed by atoms with Gasteiger partial charge in [-0.25, -0.2) is 0 Å². The standard InChI is InChI=1S/C13H15N3O2S2/c1-8(20-13-15-6-7-19-13)12(18)16-10-4-2-9(3-5-10)11(14)17/h2-5,8H,6-7H2,1H3,(H2,14,17)(H,16,18). The number of aliphatic imine (C=N–C) groups is 1. The van der Waals surface area contributed by atoms with Crippen LogP contribution in [0.2, 0.25) is 0 Å². The molecule has 1 unspecified atom stereocenters. The number of thioether (sulfide) groups is 2. The number of rotatable bonds is 4. The van der Waals surface area contributed by atoms with Crippen LogP contribution < -0.4 is 11.1 Å². The maximum absolute atomic E-state index is 12.0. The Bertz CT molecular complexity index is 543. The summed E-state index contributed by atoms with van der Waals surface area (Å²) in [4.78, 5) is 27.3. The first-order valence-electron chi connectivity index (χ1n) is 6.11. The van der Waals surface area contributed by atoms with E-state index in [1.54, 1.807) is 36.0 Å². The third kappa shape index (κ3) is 4.01. The first-order valence-corrected chi connectivity index (χ1v) is 7.97. The second-order valence-electron chi connectivity index (χ2n) is 4.19. The summed E-state index contributed by atoms with van der Waals surface area (Å²) < 4.78 is 0.969. The lowest BCUT2D eigenvalue weighted by atomic mass is 10.2. The van der Waals surface area contributed by atoms with E-state index in [0.29, 0.717) is 11.3 Å². The van der Waals surface area contributed by atoms with Crippen molar-refractivity contribution in [2.45, 2.75) is 12.2 Å². The summed E-state index contributed by atoms with van der Waals surface area (Å²) in [6, 6.07) is 6.51. The number of anilines is 1. The molecule has 2 rings (SSSR count). The van der Waals surface area contributed by atoms with Gasteiger partial charge >= 0.3 is 0 Å². The van der Waals surface area contributed by atoms with Crippen molar-refractivity contribution in [1.29, 1.82) is 0 Å². The van der Waals surface area contributed by atoms with Gasteiger partial charge < -0.3 is 11.1 Å². The Balaban J connectivity index is 1.91. The third-order valence-corrected chi connectivity index (χ3v) is 4.94. The molecule has 0 aliphatic carbocycles. The summed E-state index contributed by atoms with van der Waals surface area (Å²) in [5, 5.41) is 2.59. The number of hydrogen-bond donors (Lipinski definition) is 2. The van der Waals surface area contributed by atoms with Crippen LogP contribution in [0.25, 0.3) is 0 Å². The van der Waals surface area contributed by atoms with E-state index in [2.05, 4.69) is 10.3 Å². The molecule has 1 aliphatic rings. The second-order valence-corrected chi connectivity index (χ2v) is 6.86. The Labute approximate surface area is 125 Å². The molecule has 1 aromatic rings. The van der Waals surface area contributed by atoms with E-state index in [1.165, 1.54) is 11.8 Å². The molecular weight excluding hydrogens is 294 g/mol. The van der Waals surface area contributed by atoms with Gasteiger partial charge in [0.1, 0.15) is 4.38 Å². The number of nitrogens with zero attached hydrogens (tertiary/aromatic N) is 1. The number of carbonyl (C=O) groups excluding carboxylic acids is 2. The molecule has 5 nitrogen and oxygen atoms in total. The molecule has 0 saturated carbocycles. The zero-order valence-corrected chi connectivity index (χ0v) is 12.6. The normalized spacial score (nSPS) is 15.6. The van der Waals surface area contributed by atoms with Gasteiger partial charge in [-0.1, -0.05) is 23.5 Å². The van der Waals surface area contributed by atoms with Gasteiger partial charge in [0.15, 0.2) is 0 Å². The third-order valence-electron chi connectivity index (χ3n) is 2.64. The van der Waals surface area contributed by atoms with Crippen molar-refractivity contribution in [3.63, 3.8) is 0 Å². The molecule has 20 heavy (non-hydrogen) atoms. The number of amides is 2. The van der Waals surface area contributed by atoms with Crippen LogP contribution in [-0.2, 0) is 4.79 Å². The Hall–Kier alpha value is -1.47. The van der Waals surface area contributed by atoms with E-state index in [-0.39, 0.29) is 11.2 Å². The first kappa shape index (κ1) is 14.9. The van der Waals surface area contributed by atoms with Crippen molar-refractivity contribution in [2.75, 3.05) is 17.6 Å². The zero-order chi connectivity index (χ0) is 14.5. The maximum Gasteiger partial charge on any atom is 0.248 e. The number of carbonyl (C=O) groups is 2. The van der Waals surface area contributed by atoms with Gasteiger partial charge in [0.25, 0.3) is 0 Å². The van der Waals surface area contributed by atoms with E-state index < -0.39 is 5.91 Å². The molecule has 0 bridgehead atoms. The highest BCUT2D eigenvalue weighted by Gasteiger charge is 2.18. The summed E-state index contributed by atoms with van der Waals surface area (Å²) in [6.07, 6.45) is 0. The molecule has 1 heterocycles. The Morgan fingerprint density at radius 3 is 2.65 bits per heavy atom. The van der Waals surface area contributed by atoms with Gasteiger partial charge in [-0.2, -0.15) is 0 Å².